The van der Waals surface area contributed by atoms with E-state index in [-0.39, 0.29) is 29.5 Å². The molecule has 0 aromatic heterocycles. The lowest BCUT2D eigenvalue weighted by molar-refractivity contribution is -0.141. The minimum Gasteiger partial charge on any atom is -0.453 e. The second-order valence-corrected chi connectivity index (χ2v) is 8.91. The Labute approximate surface area is 181 Å². The number of esters is 1. The maximum Gasteiger partial charge on any atom is 0.338 e. The highest BCUT2D eigenvalue weighted by Gasteiger charge is 2.48. The number of rotatable bonds is 5. The Morgan fingerprint density at radius 2 is 1.66 bits per heavy atom. The van der Waals surface area contributed by atoms with E-state index in [1.165, 1.54) is 0 Å². The highest BCUT2D eigenvalue weighted by Crippen LogP contribution is 2.46. The average molecular weight is 455 g/mol. The fourth-order valence-corrected chi connectivity index (χ4v) is 4.75. The molecular formula is C25H27BrO3. The Hall–Kier alpha value is -2.20. The number of carbonyl (C=O) groups excluding carboxylic acids is 2. The predicted molar refractivity (Wildman–Crippen MR) is 118 cm³/mol. The summed E-state index contributed by atoms with van der Waals surface area (Å²) < 4.78 is 6.90. The van der Waals surface area contributed by atoms with Gasteiger partial charge in [0.1, 0.15) is 11.9 Å². The van der Waals surface area contributed by atoms with Gasteiger partial charge in [-0.3, -0.25) is 4.79 Å². The fourth-order valence-electron chi connectivity index (χ4n) is 4.49. The molecule has 0 spiro atoms. The topological polar surface area (TPSA) is 43.4 Å². The molecule has 0 heterocycles. The number of allylic oxidation sites excluding steroid dienone is 1. The summed E-state index contributed by atoms with van der Waals surface area (Å²) in [6.45, 7) is 10.2. The smallest absolute Gasteiger partial charge is 0.338 e. The van der Waals surface area contributed by atoms with Crippen LogP contribution < -0.4 is 0 Å². The van der Waals surface area contributed by atoms with Crippen LogP contribution in [0.3, 0.4) is 0 Å². The summed E-state index contributed by atoms with van der Waals surface area (Å²) in [5.41, 5.74) is 1.31. The summed E-state index contributed by atoms with van der Waals surface area (Å²) in [5.74, 6) is -0.375. The van der Waals surface area contributed by atoms with Crippen molar-refractivity contribution < 1.29 is 14.3 Å². The minimum atomic E-state index is -0.632. The van der Waals surface area contributed by atoms with E-state index in [0.29, 0.717) is 5.56 Å². The number of hydrogen-bond donors (Lipinski definition) is 0. The quantitative estimate of drug-likeness (QED) is 0.395. The summed E-state index contributed by atoms with van der Waals surface area (Å²) in [6.07, 6.45) is 1.32. The molecule has 0 saturated heterocycles. The molecule has 4 heteroatoms. The molecule has 0 N–H and O–H groups in total. The van der Waals surface area contributed by atoms with Crippen LogP contribution in [0.15, 0.2) is 71.7 Å². The van der Waals surface area contributed by atoms with Crippen molar-refractivity contribution in [1.29, 1.82) is 0 Å². The van der Waals surface area contributed by atoms with E-state index in [2.05, 4.69) is 36.4 Å². The van der Waals surface area contributed by atoms with Gasteiger partial charge in [0, 0.05) is 10.4 Å². The molecule has 0 amide bonds. The van der Waals surface area contributed by atoms with Crippen molar-refractivity contribution in [2.75, 3.05) is 0 Å². The Balaban J connectivity index is 1.99. The van der Waals surface area contributed by atoms with Gasteiger partial charge in [-0.15, -0.1) is 6.58 Å². The molecule has 3 rings (SSSR count). The van der Waals surface area contributed by atoms with Gasteiger partial charge in [-0.05, 0) is 47.6 Å². The van der Waals surface area contributed by atoms with Crippen LogP contribution in [-0.4, -0.2) is 11.8 Å². The first kappa shape index (κ1) is 21.5. The number of Topliss-reactive ketones (excluding diaryl/α,β-unsaturated/α-hetero) is 1. The number of hydrogen-bond acceptors (Lipinski definition) is 3. The highest BCUT2D eigenvalue weighted by atomic mass is 79.9. The lowest BCUT2D eigenvalue weighted by Crippen LogP contribution is -2.46. The van der Waals surface area contributed by atoms with Crippen LogP contribution in [0.1, 0.15) is 42.8 Å². The molecule has 152 valence electrons. The molecule has 0 radical (unpaired) electrons. The van der Waals surface area contributed by atoms with E-state index in [4.69, 9.17) is 4.74 Å². The van der Waals surface area contributed by atoms with Gasteiger partial charge >= 0.3 is 5.97 Å². The first-order chi connectivity index (χ1) is 13.8. The first-order valence-electron chi connectivity index (χ1n) is 10.0. The standard InChI is InChI=1S/C25H27BrO3/c1-5-21-15(2)16(3)23(27)22(17(21)4)24(18-9-7-6-8-10-18)29-25(28)19-11-13-20(26)14-12-19/h5-17,21-22,24H,1H2,2-4H3/t15-,16-,17+,21+,22-,24-/m1/s1. The summed E-state index contributed by atoms with van der Waals surface area (Å²) in [6, 6.07) is 16.6. The Morgan fingerprint density at radius 1 is 1.03 bits per heavy atom. The van der Waals surface area contributed by atoms with Crippen LogP contribution >= 0.6 is 15.9 Å². The van der Waals surface area contributed by atoms with Gasteiger partial charge in [0.25, 0.3) is 0 Å². The third-order valence-electron chi connectivity index (χ3n) is 6.39. The van der Waals surface area contributed by atoms with Gasteiger partial charge in [-0.1, -0.05) is 73.1 Å². The fraction of sp³-hybridized carbons (Fsp3) is 0.360. The number of halogens is 1. The van der Waals surface area contributed by atoms with Gasteiger partial charge in [0.2, 0.25) is 0 Å². The summed E-state index contributed by atoms with van der Waals surface area (Å²) >= 11 is 3.38. The molecule has 1 aliphatic rings. The number of ether oxygens (including phenoxy) is 1. The molecule has 1 aliphatic carbocycles. The number of benzene rings is 2. The molecular weight excluding hydrogens is 428 g/mol. The zero-order chi connectivity index (χ0) is 21.1. The summed E-state index contributed by atoms with van der Waals surface area (Å²) in [5, 5.41) is 0. The highest BCUT2D eigenvalue weighted by molar-refractivity contribution is 9.10. The molecule has 3 nitrogen and oxygen atoms in total. The molecule has 0 unspecified atom stereocenters. The molecule has 2 aromatic rings. The largest absolute Gasteiger partial charge is 0.453 e. The molecule has 0 aliphatic heterocycles. The van der Waals surface area contributed by atoms with Gasteiger partial charge in [-0.25, -0.2) is 4.79 Å². The van der Waals surface area contributed by atoms with Gasteiger partial charge in [0.15, 0.2) is 0 Å². The van der Waals surface area contributed by atoms with E-state index in [1.807, 2.05) is 43.3 Å². The molecule has 6 atom stereocenters. The first-order valence-corrected chi connectivity index (χ1v) is 10.8. The van der Waals surface area contributed by atoms with Crippen molar-refractivity contribution >= 4 is 27.7 Å². The van der Waals surface area contributed by atoms with Gasteiger partial charge in [-0.2, -0.15) is 0 Å². The van der Waals surface area contributed by atoms with Crippen LogP contribution in [-0.2, 0) is 9.53 Å². The minimum absolute atomic E-state index is 0.0223. The van der Waals surface area contributed by atoms with Gasteiger partial charge < -0.3 is 4.74 Å². The second kappa shape index (κ2) is 9.08. The Kier molecular flexibility index (Phi) is 6.74. The van der Waals surface area contributed by atoms with Crippen molar-refractivity contribution in [1.82, 2.24) is 0 Å². The zero-order valence-corrected chi connectivity index (χ0v) is 18.6. The summed E-state index contributed by atoms with van der Waals surface area (Å²) in [7, 11) is 0. The molecule has 2 aromatic carbocycles. The van der Waals surface area contributed by atoms with Crippen molar-refractivity contribution in [3.8, 4) is 0 Å². The predicted octanol–water partition coefficient (Wildman–Crippen LogP) is 6.26. The van der Waals surface area contributed by atoms with E-state index in [0.717, 1.165) is 10.0 Å². The lowest BCUT2D eigenvalue weighted by atomic mass is 9.61. The molecule has 1 fully saturated rings. The second-order valence-electron chi connectivity index (χ2n) is 7.99. The SMILES string of the molecule is C=C[C@@H]1[C@H](C)[C@@H]([C@H](OC(=O)c2ccc(Br)cc2)c2ccccc2)C(=O)[C@H](C)[C@H]1C. The van der Waals surface area contributed by atoms with Crippen molar-refractivity contribution in [2.24, 2.45) is 29.6 Å². The molecule has 1 saturated carbocycles. The van der Waals surface area contributed by atoms with E-state index in [9.17, 15) is 9.59 Å². The van der Waals surface area contributed by atoms with Gasteiger partial charge in [0.05, 0.1) is 11.5 Å². The molecule has 29 heavy (non-hydrogen) atoms. The maximum absolute atomic E-state index is 13.4. The lowest BCUT2D eigenvalue weighted by Gasteiger charge is -2.44. The van der Waals surface area contributed by atoms with Crippen LogP contribution in [0.5, 0.6) is 0 Å². The number of carbonyl (C=O) groups is 2. The van der Waals surface area contributed by atoms with Crippen LogP contribution in [0, 0.1) is 29.6 Å². The maximum atomic E-state index is 13.4. The van der Waals surface area contributed by atoms with Crippen molar-refractivity contribution in [3.05, 3.63) is 82.9 Å². The third-order valence-corrected chi connectivity index (χ3v) is 6.92. The Morgan fingerprint density at radius 3 is 2.24 bits per heavy atom. The zero-order valence-electron chi connectivity index (χ0n) is 17.0. The third kappa shape index (κ3) is 4.37. The Bertz CT molecular complexity index is 875. The monoisotopic (exact) mass is 454 g/mol. The molecule has 0 bridgehead atoms. The van der Waals surface area contributed by atoms with E-state index < -0.39 is 18.0 Å². The van der Waals surface area contributed by atoms with E-state index in [1.54, 1.807) is 24.3 Å². The van der Waals surface area contributed by atoms with Crippen molar-refractivity contribution in [2.45, 2.75) is 26.9 Å². The van der Waals surface area contributed by atoms with Crippen molar-refractivity contribution in [3.63, 3.8) is 0 Å². The van der Waals surface area contributed by atoms with Crippen LogP contribution in [0.25, 0.3) is 0 Å². The normalized spacial score (nSPS) is 27.9. The van der Waals surface area contributed by atoms with Crippen LogP contribution in [0.4, 0.5) is 0 Å². The number of ketones is 1. The van der Waals surface area contributed by atoms with Crippen LogP contribution in [0.2, 0.25) is 0 Å². The summed E-state index contributed by atoms with van der Waals surface area (Å²) in [4.78, 5) is 26.3. The van der Waals surface area contributed by atoms with E-state index >= 15 is 0 Å². The average Bonchev–Trinajstić information content (AvgIpc) is 2.73.